The molecule has 2 aliphatic rings. The zero-order chi connectivity index (χ0) is 23.4. The molecule has 0 unspecified atom stereocenters. The largest absolute Gasteiger partial charge is 0.373 e. The maximum Gasteiger partial charge on any atom is 0.185 e. The summed E-state index contributed by atoms with van der Waals surface area (Å²) in [6.45, 7) is 4.61. The third-order valence-corrected chi connectivity index (χ3v) is 6.69. The number of hydrogen-bond acceptors (Lipinski definition) is 5. The van der Waals surface area contributed by atoms with E-state index in [0.717, 1.165) is 18.1 Å². The zero-order valence-electron chi connectivity index (χ0n) is 19.2. The average molecular weight is 465 g/mol. The Kier molecular flexibility index (Phi) is 5.17. The molecule has 1 saturated heterocycles. The SMILES string of the molecule is CC(C)n1cc2c(-c3ccc(F)cc3F)nc([C@H]3CCO[C@H](c4cnn(C5CC5)c4)C3)nc2n1. The van der Waals surface area contributed by atoms with Crippen LogP contribution in [0.4, 0.5) is 8.78 Å². The van der Waals surface area contributed by atoms with Crippen LogP contribution in [-0.4, -0.2) is 36.1 Å². The van der Waals surface area contributed by atoms with Crippen molar-refractivity contribution in [2.75, 3.05) is 6.61 Å². The van der Waals surface area contributed by atoms with Crippen LogP contribution in [0.1, 0.15) is 75.0 Å². The highest BCUT2D eigenvalue weighted by atomic mass is 19.1. The molecule has 176 valence electrons. The molecule has 4 heterocycles. The van der Waals surface area contributed by atoms with E-state index in [-0.39, 0.29) is 23.6 Å². The first-order chi connectivity index (χ1) is 16.5. The summed E-state index contributed by atoms with van der Waals surface area (Å²) in [5, 5.41) is 9.78. The van der Waals surface area contributed by atoms with Gasteiger partial charge in [-0.25, -0.2) is 18.7 Å². The Hall–Kier alpha value is -3.20. The molecule has 7 nitrogen and oxygen atoms in total. The number of hydrogen-bond donors (Lipinski definition) is 0. The van der Waals surface area contributed by atoms with Crippen molar-refractivity contribution in [3.63, 3.8) is 0 Å². The predicted molar refractivity (Wildman–Crippen MR) is 122 cm³/mol. The lowest BCUT2D eigenvalue weighted by atomic mass is 9.92. The molecule has 4 aromatic rings. The summed E-state index contributed by atoms with van der Waals surface area (Å²) in [4.78, 5) is 9.62. The quantitative estimate of drug-likeness (QED) is 0.389. The number of aromatic nitrogens is 6. The van der Waals surface area contributed by atoms with Gasteiger partial charge < -0.3 is 4.74 Å². The van der Waals surface area contributed by atoms with Gasteiger partial charge in [-0.3, -0.25) is 9.36 Å². The molecular formula is C25H26F2N6O. The van der Waals surface area contributed by atoms with Crippen LogP contribution in [0.15, 0.2) is 36.8 Å². The third kappa shape index (κ3) is 3.87. The second kappa shape index (κ2) is 8.23. The number of nitrogens with zero attached hydrogens (tertiary/aromatic N) is 6. The second-order valence-electron chi connectivity index (χ2n) is 9.56. The van der Waals surface area contributed by atoms with Crippen molar-refractivity contribution in [3.8, 4) is 11.3 Å². The van der Waals surface area contributed by atoms with Gasteiger partial charge in [0.15, 0.2) is 5.65 Å². The topological polar surface area (TPSA) is 70.7 Å². The van der Waals surface area contributed by atoms with E-state index in [0.29, 0.717) is 41.6 Å². The highest BCUT2D eigenvalue weighted by Gasteiger charge is 2.31. The van der Waals surface area contributed by atoms with Crippen molar-refractivity contribution >= 4 is 11.0 Å². The molecular weight excluding hydrogens is 438 g/mol. The molecule has 0 radical (unpaired) electrons. The van der Waals surface area contributed by atoms with Gasteiger partial charge in [0, 0.05) is 48.2 Å². The fraction of sp³-hybridized carbons (Fsp3) is 0.440. The minimum Gasteiger partial charge on any atom is -0.373 e. The van der Waals surface area contributed by atoms with Gasteiger partial charge in [-0.05, 0) is 51.7 Å². The van der Waals surface area contributed by atoms with Gasteiger partial charge in [0.05, 0.1) is 29.4 Å². The summed E-state index contributed by atoms with van der Waals surface area (Å²) < 4.78 is 38.3. The lowest BCUT2D eigenvalue weighted by molar-refractivity contribution is 0.00396. The number of benzene rings is 1. The first-order valence-electron chi connectivity index (χ1n) is 11.8. The minimum atomic E-state index is -0.652. The summed E-state index contributed by atoms with van der Waals surface area (Å²) >= 11 is 0. The first-order valence-corrected chi connectivity index (χ1v) is 11.8. The van der Waals surface area contributed by atoms with Gasteiger partial charge in [0.25, 0.3) is 0 Å². The zero-order valence-corrected chi connectivity index (χ0v) is 19.2. The summed E-state index contributed by atoms with van der Waals surface area (Å²) in [7, 11) is 0. The van der Waals surface area contributed by atoms with E-state index >= 15 is 0 Å². The van der Waals surface area contributed by atoms with Crippen LogP contribution in [0.3, 0.4) is 0 Å². The molecule has 2 fully saturated rings. The Morgan fingerprint density at radius 2 is 1.94 bits per heavy atom. The van der Waals surface area contributed by atoms with E-state index in [1.807, 2.05) is 30.9 Å². The molecule has 1 aliphatic heterocycles. The maximum absolute atomic E-state index is 14.8. The highest BCUT2D eigenvalue weighted by Crippen LogP contribution is 2.40. The van der Waals surface area contributed by atoms with Crippen LogP contribution in [0.25, 0.3) is 22.3 Å². The predicted octanol–water partition coefficient (Wildman–Crippen LogP) is 5.52. The molecule has 1 aliphatic carbocycles. The fourth-order valence-corrected chi connectivity index (χ4v) is 4.60. The molecule has 9 heteroatoms. The monoisotopic (exact) mass is 464 g/mol. The van der Waals surface area contributed by atoms with Gasteiger partial charge in [0.1, 0.15) is 17.5 Å². The average Bonchev–Trinajstić information content (AvgIpc) is 3.38. The number of halogens is 2. The van der Waals surface area contributed by atoms with Crippen LogP contribution in [0.2, 0.25) is 0 Å². The maximum atomic E-state index is 14.8. The van der Waals surface area contributed by atoms with Gasteiger partial charge in [-0.15, -0.1) is 0 Å². The molecule has 0 spiro atoms. The van der Waals surface area contributed by atoms with E-state index in [9.17, 15) is 8.78 Å². The molecule has 1 saturated carbocycles. The van der Waals surface area contributed by atoms with Gasteiger partial charge in [-0.1, -0.05) is 0 Å². The molecule has 3 aromatic heterocycles. The van der Waals surface area contributed by atoms with E-state index in [2.05, 4.69) is 16.4 Å². The summed E-state index contributed by atoms with van der Waals surface area (Å²) in [5.41, 5.74) is 2.26. The van der Waals surface area contributed by atoms with Crippen molar-refractivity contribution in [1.29, 1.82) is 0 Å². The van der Waals surface area contributed by atoms with Crippen LogP contribution in [0.5, 0.6) is 0 Å². The van der Waals surface area contributed by atoms with Gasteiger partial charge in [0.2, 0.25) is 0 Å². The molecule has 2 atom stereocenters. The van der Waals surface area contributed by atoms with Crippen molar-refractivity contribution in [2.45, 2.75) is 63.6 Å². The summed E-state index contributed by atoms with van der Waals surface area (Å²) in [6.07, 6.45) is 9.53. The van der Waals surface area contributed by atoms with Crippen molar-refractivity contribution in [3.05, 3.63) is 59.8 Å². The molecule has 1 aromatic carbocycles. The molecule has 0 amide bonds. The van der Waals surface area contributed by atoms with E-state index in [1.54, 1.807) is 4.68 Å². The smallest absolute Gasteiger partial charge is 0.185 e. The Labute approximate surface area is 195 Å². The molecule has 0 bridgehead atoms. The standard InChI is InChI=1S/C25H26F2N6O/c1-14(2)32-13-20-23(19-6-3-17(26)10-21(19)27)29-24(30-25(20)31-32)15-7-8-34-22(9-15)16-11-28-33(12-16)18-4-5-18/h3,6,10-15,18,22H,4-5,7-9H2,1-2H3/t15-,22-/m0/s1. The Morgan fingerprint density at radius 3 is 2.71 bits per heavy atom. The first kappa shape index (κ1) is 21.3. The van der Waals surface area contributed by atoms with Crippen LogP contribution in [-0.2, 0) is 4.74 Å². The Balaban J connectivity index is 1.39. The lowest BCUT2D eigenvalue weighted by Crippen LogP contribution is -2.20. The van der Waals surface area contributed by atoms with Crippen molar-refractivity contribution < 1.29 is 13.5 Å². The normalized spacial score (nSPS) is 21.0. The van der Waals surface area contributed by atoms with Crippen LogP contribution < -0.4 is 0 Å². The fourth-order valence-electron chi connectivity index (χ4n) is 4.60. The minimum absolute atomic E-state index is 0.0267. The Bertz CT molecular complexity index is 1360. The van der Waals surface area contributed by atoms with E-state index in [1.165, 1.54) is 25.0 Å². The Morgan fingerprint density at radius 1 is 1.09 bits per heavy atom. The summed E-state index contributed by atoms with van der Waals surface area (Å²) in [5.74, 6) is -0.633. The molecule has 34 heavy (non-hydrogen) atoms. The molecule has 6 rings (SSSR count). The number of ether oxygens (including phenoxy) is 1. The third-order valence-electron chi connectivity index (χ3n) is 6.69. The molecule has 0 N–H and O–H groups in total. The van der Waals surface area contributed by atoms with E-state index < -0.39 is 11.6 Å². The number of fused-ring (bicyclic) bond motifs is 1. The van der Waals surface area contributed by atoms with Crippen molar-refractivity contribution in [1.82, 2.24) is 29.5 Å². The van der Waals surface area contributed by atoms with Crippen molar-refractivity contribution in [2.24, 2.45) is 0 Å². The summed E-state index contributed by atoms with van der Waals surface area (Å²) in [6, 6.07) is 4.20. The van der Waals surface area contributed by atoms with E-state index in [4.69, 9.17) is 14.7 Å². The van der Waals surface area contributed by atoms with Gasteiger partial charge in [-0.2, -0.15) is 10.2 Å². The lowest BCUT2D eigenvalue weighted by Gasteiger charge is -2.28. The van der Waals surface area contributed by atoms with Crippen LogP contribution >= 0.6 is 0 Å². The highest BCUT2D eigenvalue weighted by molar-refractivity contribution is 5.90. The number of rotatable bonds is 5. The second-order valence-corrected chi connectivity index (χ2v) is 9.56. The van der Waals surface area contributed by atoms with Gasteiger partial charge >= 0.3 is 0 Å². The van der Waals surface area contributed by atoms with Crippen LogP contribution in [0, 0.1) is 11.6 Å².